The van der Waals surface area contributed by atoms with Crippen LogP contribution in [0.3, 0.4) is 0 Å². The van der Waals surface area contributed by atoms with E-state index in [0.29, 0.717) is 16.4 Å². The van der Waals surface area contributed by atoms with E-state index in [0.717, 1.165) is 39.1 Å². The van der Waals surface area contributed by atoms with Crippen molar-refractivity contribution in [2.75, 3.05) is 18.9 Å². The third-order valence-electron chi connectivity index (χ3n) is 5.50. The summed E-state index contributed by atoms with van der Waals surface area (Å²) >= 11 is 7.70. The zero-order valence-electron chi connectivity index (χ0n) is 18.8. The molecule has 0 aliphatic rings. The van der Waals surface area contributed by atoms with Crippen LogP contribution in [0.4, 0.5) is 5.69 Å². The number of thiophene rings is 1. The minimum atomic E-state index is -0.228. The molecule has 0 spiro atoms. The molecule has 4 aromatic rings. The molecule has 0 radical (unpaired) electrons. The molecule has 8 heteroatoms. The molecule has 0 unspecified atom stereocenters. The normalized spacial score (nSPS) is 11.0. The van der Waals surface area contributed by atoms with Gasteiger partial charge < -0.3 is 10.2 Å². The Balaban J connectivity index is 1.49. The molecule has 2 aromatic carbocycles. The van der Waals surface area contributed by atoms with E-state index in [2.05, 4.69) is 10.4 Å². The fourth-order valence-electron chi connectivity index (χ4n) is 3.73. The minimum Gasteiger partial charge on any atom is -0.332 e. The molecular weight excluding hydrogens is 456 g/mol. The van der Waals surface area contributed by atoms with Gasteiger partial charge in [-0.1, -0.05) is 54.9 Å². The second-order valence-corrected chi connectivity index (χ2v) is 9.32. The highest BCUT2D eigenvalue weighted by Gasteiger charge is 2.21. The van der Waals surface area contributed by atoms with Gasteiger partial charge in [0.25, 0.3) is 5.91 Å². The first kappa shape index (κ1) is 23.0. The maximum absolute atomic E-state index is 13.1. The number of carbonyl (C=O) groups excluding carboxylic acids is 2. The van der Waals surface area contributed by atoms with Crippen molar-refractivity contribution in [2.45, 2.75) is 26.8 Å². The Morgan fingerprint density at radius 2 is 1.82 bits per heavy atom. The van der Waals surface area contributed by atoms with Crippen LogP contribution in [0.2, 0.25) is 5.02 Å². The number of likely N-dealkylation sites (N-methyl/N-ethyl adjacent to an activating group) is 1. The van der Waals surface area contributed by atoms with Gasteiger partial charge in [-0.3, -0.25) is 14.3 Å². The lowest BCUT2D eigenvalue weighted by Crippen LogP contribution is -2.34. The predicted molar refractivity (Wildman–Crippen MR) is 134 cm³/mol. The molecule has 0 fully saturated rings. The van der Waals surface area contributed by atoms with Crippen LogP contribution in [0.15, 0.2) is 54.6 Å². The van der Waals surface area contributed by atoms with Crippen molar-refractivity contribution in [2.24, 2.45) is 0 Å². The Labute approximate surface area is 201 Å². The van der Waals surface area contributed by atoms with E-state index in [1.54, 1.807) is 7.05 Å². The molecule has 0 aliphatic carbocycles. The van der Waals surface area contributed by atoms with Gasteiger partial charge in [-0.15, -0.1) is 11.3 Å². The fourth-order valence-corrected chi connectivity index (χ4v) is 5.08. The van der Waals surface area contributed by atoms with Gasteiger partial charge in [0.1, 0.15) is 4.83 Å². The highest BCUT2D eigenvalue weighted by Crippen LogP contribution is 2.30. The molecule has 6 nitrogen and oxygen atoms in total. The number of para-hydroxylation sites is 1. The number of carbonyl (C=O) groups is 2. The van der Waals surface area contributed by atoms with Gasteiger partial charge in [0, 0.05) is 23.1 Å². The summed E-state index contributed by atoms with van der Waals surface area (Å²) in [5.41, 5.74) is 3.65. The van der Waals surface area contributed by atoms with Crippen molar-refractivity contribution in [3.63, 3.8) is 0 Å². The lowest BCUT2D eigenvalue weighted by molar-refractivity contribution is -0.116. The molecule has 2 heterocycles. The van der Waals surface area contributed by atoms with Gasteiger partial charge in [0.2, 0.25) is 5.91 Å². The number of nitrogens with zero attached hydrogens (tertiary/aromatic N) is 3. The van der Waals surface area contributed by atoms with E-state index >= 15 is 0 Å². The molecule has 2 amide bonds. The van der Waals surface area contributed by atoms with Crippen LogP contribution < -0.4 is 5.32 Å². The first-order chi connectivity index (χ1) is 15.9. The number of fused-ring (bicyclic) bond motifs is 1. The van der Waals surface area contributed by atoms with Gasteiger partial charge in [-0.05, 0) is 42.7 Å². The molecule has 0 aliphatic heterocycles. The zero-order valence-corrected chi connectivity index (χ0v) is 20.3. The number of hydrogen-bond donors (Lipinski definition) is 1. The van der Waals surface area contributed by atoms with Crippen LogP contribution in [-0.4, -0.2) is 40.1 Å². The number of aromatic nitrogens is 2. The number of benzene rings is 2. The summed E-state index contributed by atoms with van der Waals surface area (Å²) in [6, 6.07) is 17.2. The topological polar surface area (TPSA) is 67.2 Å². The summed E-state index contributed by atoms with van der Waals surface area (Å²) < 4.78 is 1.88. The predicted octanol–water partition coefficient (Wildman–Crippen LogP) is 5.38. The first-order valence-electron chi connectivity index (χ1n) is 10.7. The summed E-state index contributed by atoms with van der Waals surface area (Å²) in [5, 5.41) is 9.16. The Morgan fingerprint density at radius 3 is 2.55 bits per heavy atom. The average Bonchev–Trinajstić information content (AvgIpc) is 3.36. The standard InChI is InChI=1S/C25H25ClN4O2S/c1-4-17-9-6-8-12-21(17)27-23(31)15-29(3)24(32)22-13-19-16(2)28-30(25(19)33-22)14-18-10-5-7-11-20(18)26/h5-13H,4,14-15H2,1-3H3,(H,27,31). The number of nitrogens with one attached hydrogen (secondary N) is 1. The van der Waals surface area contributed by atoms with Gasteiger partial charge in [0.15, 0.2) is 0 Å². The molecule has 4 rings (SSSR count). The van der Waals surface area contributed by atoms with Crippen LogP contribution in [0.5, 0.6) is 0 Å². The van der Waals surface area contributed by atoms with Gasteiger partial charge in [-0.25, -0.2) is 0 Å². The number of aryl methyl sites for hydroxylation is 2. The van der Waals surface area contributed by atoms with E-state index in [-0.39, 0.29) is 18.4 Å². The lowest BCUT2D eigenvalue weighted by Gasteiger charge is -2.17. The van der Waals surface area contributed by atoms with E-state index in [1.165, 1.54) is 16.2 Å². The van der Waals surface area contributed by atoms with Crippen LogP contribution in [0, 0.1) is 6.92 Å². The smallest absolute Gasteiger partial charge is 0.264 e. The van der Waals surface area contributed by atoms with Crippen LogP contribution in [0.25, 0.3) is 10.2 Å². The third kappa shape index (κ3) is 4.94. The highest BCUT2D eigenvalue weighted by atomic mass is 35.5. The second-order valence-electron chi connectivity index (χ2n) is 7.88. The number of halogens is 1. The maximum Gasteiger partial charge on any atom is 0.264 e. The van der Waals surface area contributed by atoms with E-state index in [4.69, 9.17) is 11.6 Å². The Bertz CT molecular complexity index is 1330. The molecule has 0 saturated carbocycles. The molecule has 0 bridgehead atoms. The molecule has 1 N–H and O–H groups in total. The number of hydrogen-bond acceptors (Lipinski definition) is 4. The molecule has 170 valence electrons. The molecule has 33 heavy (non-hydrogen) atoms. The average molecular weight is 481 g/mol. The summed E-state index contributed by atoms with van der Waals surface area (Å²) in [4.78, 5) is 28.5. The van der Waals surface area contributed by atoms with Crippen molar-refractivity contribution >= 4 is 50.7 Å². The van der Waals surface area contributed by atoms with Gasteiger partial charge >= 0.3 is 0 Å². The van der Waals surface area contributed by atoms with Crippen molar-refractivity contribution in [1.29, 1.82) is 0 Å². The fraction of sp³-hybridized carbons (Fsp3) is 0.240. The number of amides is 2. The van der Waals surface area contributed by atoms with Crippen molar-refractivity contribution in [3.8, 4) is 0 Å². The minimum absolute atomic E-state index is 0.0319. The Kier molecular flexibility index (Phi) is 6.81. The van der Waals surface area contributed by atoms with Crippen molar-refractivity contribution in [1.82, 2.24) is 14.7 Å². The first-order valence-corrected chi connectivity index (χ1v) is 11.9. The van der Waals surface area contributed by atoms with E-state index < -0.39 is 0 Å². The Hall–Kier alpha value is -3.16. The van der Waals surface area contributed by atoms with Gasteiger partial charge in [0.05, 0.1) is 23.7 Å². The SMILES string of the molecule is CCc1ccccc1NC(=O)CN(C)C(=O)c1cc2c(C)nn(Cc3ccccc3Cl)c2s1. The molecule has 2 aromatic heterocycles. The van der Waals surface area contributed by atoms with E-state index in [1.807, 2.05) is 73.1 Å². The summed E-state index contributed by atoms with van der Waals surface area (Å²) in [6.07, 6.45) is 0.817. The number of rotatable bonds is 7. The van der Waals surface area contributed by atoms with Gasteiger partial charge in [-0.2, -0.15) is 5.10 Å². The zero-order chi connectivity index (χ0) is 23.5. The molecule has 0 atom stereocenters. The summed E-state index contributed by atoms with van der Waals surface area (Å²) in [7, 11) is 1.64. The maximum atomic E-state index is 13.1. The molecular formula is C25H25ClN4O2S. The lowest BCUT2D eigenvalue weighted by atomic mass is 10.1. The number of anilines is 1. The van der Waals surface area contributed by atoms with Crippen molar-refractivity contribution in [3.05, 3.63) is 81.3 Å². The van der Waals surface area contributed by atoms with E-state index in [9.17, 15) is 9.59 Å². The van der Waals surface area contributed by atoms with Crippen LogP contribution in [0.1, 0.15) is 33.4 Å². The largest absolute Gasteiger partial charge is 0.332 e. The van der Waals surface area contributed by atoms with Crippen LogP contribution in [-0.2, 0) is 17.8 Å². The quantitative estimate of drug-likeness (QED) is 0.386. The summed E-state index contributed by atoms with van der Waals surface area (Å²) in [6.45, 7) is 4.45. The second kappa shape index (κ2) is 9.77. The third-order valence-corrected chi connectivity index (χ3v) is 7.00. The summed E-state index contributed by atoms with van der Waals surface area (Å²) in [5.74, 6) is -0.423. The Morgan fingerprint density at radius 1 is 1.12 bits per heavy atom. The molecule has 0 saturated heterocycles. The van der Waals surface area contributed by atoms with Crippen LogP contribution >= 0.6 is 22.9 Å². The highest BCUT2D eigenvalue weighted by molar-refractivity contribution is 7.20. The van der Waals surface area contributed by atoms with Crippen molar-refractivity contribution < 1.29 is 9.59 Å². The monoisotopic (exact) mass is 480 g/mol.